The lowest BCUT2D eigenvalue weighted by atomic mass is 10.1. The van der Waals surface area contributed by atoms with Crippen LogP contribution in [-0.4, -0.2) is 16.5 Å². The normalized spacial score (nSPS) is 10.7. The van der Waals surface area contributed by atoms with Gasteiger partial charge in [0.05, 0.1) is 0 Å². The molecule has 0 amide bonds. The Hall–Kier alpha value is -2.49. The minimum Gasteiger partial charge on any atom is -0.384 e. The van der Waals surface area contributed by atoms with Crippen molar-refractivity contribution in [3.8, 4) is 0 Å². The molecule has 0 bridgehead atoms. The van der Waals surface area contributed by atoms with Gasteiger partial charge in [0.25, 0.3) is 0 Å². The lowest BCUT2D eigenvalue weighted by Gasteiger charge is -2.09. The fourth-order valence-electron chi connectivity index (χ4n) is 2.17. The zero-order valence-corrected chi connectivity index (χ0v) is 10.9. The van der Waals surface area contributed by atoms with E-state index in [2.05, 4.69) is 15.3 Å². The highest BCUT2D eigenvalue weighted by molar-refractivity contribution is 5.91. The van der Waals surface area contributed by atoms with Crippen LogP contribution in [0.25, 0.3) is 10.9 Å². The molecule has 1 aromatic carbocycles. The fraction of sp³-hybridized carbons (Fsp3) is 0.125. The number of nitrogens with one attached hydrogen (secondary N) is 1. The summed E-state index contributed by atoms with van der Waals surface area (Å²) in [7, 11) is 0. The van der Waals surface area contributed by atoms with Gasteiger partial charge >= 0.3 is 0 Å². The third-order valence-corrected chi connectivity index (χ3v) is 3.14. The minimum atomic E-state index is -0.295. The number of pyridine rings is 2. The maximum atomic E-state index is 13.7. The van der Waals surface area contributed by atoms with Crippen molar-refractivity contribution in [1.29, 1.82) is 0 Å². The molecular formula is C16H14FN3. The zero-order chi connectivity index (χ0) is 13.8. The molecule has 0 aliphatic heterocycles. The number of hydrogen-bond donors (Lipinski definition) is 1. The van der Waals surface area contributed by atoms with E-state index in [0.29, 0.717) is 5.52 Å². The van der Waals surface area contributed by atoms with E-state index in [4.69, 9.17) is 0 Å². The average molecular weight is 267 g/mol. The highest BCUT2D eigenvalue weighted by Crippen LogP contribution is 2.23. The summed E-state index contributed by atoms with van der Waals surface area (Å²) in [6, 6.07) is 12.7. The number of fused-ring (bicyclic) bond motifs is 1. The van der Waals surface area contributed by atoms with Crippen molar-refractivity contribution in [3.63, 3.8) is 0 Å². The molecule has 20 heavy (non-hydrogen) atoms. The van der Waals surface area contributed by atoms with Crippen LogP contribution in [0.5, 0.6) is 0 Å². The number of nitrogens with zero attached hydrogens (tertiary/aromatic N) is 2. The van der Waals surface area contributed by atoms with E-state index in [1.165, 1.54) is 6.07 Å². The van der Waals surface area contributed by atoms with Gasteiger partial charge in [-0.25, -0.2) is 4.39 Å². The Morgan fingerprint density at radius 2 is 1.90 bits per heavy atom. The lowest BCUT2D eigenvalue weighted by Crippen LogP contribution is -2.06. The third-order valence-electron chi connectivity index (χ3n) is 3.14. The van der Waals surface area contributed by atoms with Gasteiger partial charge in [-0.05, 0) is 24.3 Å². The summed E-state index contributed by atoms with van der Waals surface area (Å²) >= 11 is 0. The molecule has 0 atom stereocenters. The number of halogens is 1. The van der Waals surface area contributed by atoms with Crippen LogP contribution in [0.4, 0.5) is 10.1 Å². The average Bonchev–Trinajstić information content (AvgIpc) is 2.49. The quantitative estimate of drug-likeness (QED) is 0.787. The Bertz CT molecular complexity index is 713. The summed E-state index contributed by atoms with van der Waals surface area (Å²) in [6.45, 7) is 0.743. The van der Waals surface area contributed by atoms with Gasteiger partial charge in [-0.1, -0.05) is 18.2 Å². The third kappa shape index (κ3) is 2.59. The van der Waals surface area contributed by atoms with Gasteiger partial charge in [0.15, 0.2) is 0 Å². The Morgan fingerprint density at radius 1 is 0.950 bits per heavy atom. The topological polar surface area (TPSA) is 37.8 Å². The second-order valence-electron chi connectivity index (χ2n) is 4.49. The largest absolute Gasteiger partial charge is 0.384 e. The van der Waals surface area contributed by atoms with Crippen LogP contribution in [0, 0.1) is 5.82 Å². The summed E-state index contributed by atoms with van der Waals surface area (Å²) < 4.78 is 13.7. The van der Waals surface area contributed by atoms with Gasteiger partial charge in [0, 0.05) is 42.1 Å². The van der Waals surface area contributed by atoms with Crippen molar-refractivity contribution in [1.82, 2.24) is 9.97 Å². The first-order valence-corrected chi connectivity index (χ1v) is 6.51. The molecule has 0 fully saturated rings. The van der Waals surface area contributed by atoms with E-state index < -0.39 is 0 Å². The molecule has 4 heteroatoms. The first-order valence-electron chi connectivity index (χ1n) is 6.51. The minimum absolute atomic E-state index is 0.295. The highest BCUT2D eigenvalue weighted by Gasteiger charge is 2.05. The smallest absolute Gasteiger partial charge is 0.149 e. The van der Waals surface area contributed by atoms with Gasteiger partial charge in [-0.15, -0.1) is 0 Å². The molecule has 3 nitrogen and oxygen atoms in total. The molecule has 3 rings (SSSR count). The summed E-state index contributed by atoms with van der Waals surface area (Å²) in [6.07, 6.45) is 4.22. The second kappa shape index (κ2) is 5.65. The molecule has 0 saturated heterocycles. The number of rotatable bonds is 4. The summed E-state index contributed by atoms with van der Waals surface area (Å²) in [4.78, 5) is 8.35. The number of para-hydroxylation sites is 1. The molecule has 3 aromatic rings. The van der Waals surface area contributed by atoms with E-state index in [9.17, 15) is 4.39 Å². The van der Waals surface area contributed by atoms with Crippen molar-refractivity contribution >= 4 is 16.6 Å². The maximum absolute atomic E-state index is 13.7. The van der Waals surface area contributed by atoms with E-state index in [1.54, 1.807) is 18.5 Å². The van der Waals surface area contributed by atoms with Gasteiger partial charge in [0.2, 0.25) is 0 Å². The molecule has 0 aliphatic rings. The van der Waals surface area contributed by atoms with Gasteiger partial charge in [-0.3, -0.25) is 9.97 Å². The zero-order valence-electron chi connectivity index (χ0n) is 10.9. The number of aromatic nitrogens is 2. The van der Waals surface area contributed by atoms with Gasteiger partial charge in [-0.2, -0.15) is 0 Å². The van der Waals surface area contributed by atoms with Crippen molar-refractivity contribution in [2.24, 2.45) is 0 Å². The van der Waals surface area contributed by atoms with Crippen molar-refractivity contribution < 1.29 is 4.39 Å². The van der Waals surface area contributed by atoms with Gasteiger partial charge < -0.3 is 5.32 Å². The molecule has 1 N–H and O–H groups in total. The molecule has 2 aromatic heterocycles. The number of hydrogen-bond acceptors (Lipinski definition) is 3. The Labute approximate surface area is 116 Å². The molecule has 0 saturated carbocycles. The highest BCUT2D eigenvalue weighted by atomic mass is 19.1. The molecule has 0 unspecified atom stereocenters. The standard InChI is InChI=1S/C16H14FN3/c17-14-6-3-5-13-15(8-11-20-16(13)14)19-10-7-12-4-1-2-9-18-12/h1-6,8-9,11H,7,10H2,(H,19,20). The predicted molar refractivity (Wildman–Crippen MR) is 78.1 cm³/mol. The molecule has 0 spiro atoms. The van der Waals surface area contributed by atoms with Crippen LogP contribution < -0.4 is 5.32 Å². The molecular weight excluding hydrogens is 253 g/mol. The second-order valence-corrected chi connectivity index (χ2v) is 4.49. The maximum Gasteiger partial charge on any atom is 0.149 e. The van der Waals surface area contributed by atoms with Crippen LogP contribution in [0.1, 0.15) is 5.69 Å². The molecule has 2 heterocycles. The van der Waals surface area contributed by atoms with Crippen LogP contribution in [-0.2, 0) is 6.42 Å². The molecule has 0 aliphatic carbocycles. The predicted octanol–water partition coefficient (Wildman–Crippen LogP) is 3.42. The fourth-order valence-corrected chi connectivity index (χ4v) is 2.17. The van der Waals surface area contributed by atoms with E-state index in [-0.39, 0.29) is 5.82 Å². The van der Waals surface area contributed by atoms with Crippen LogP contribution in [0.3, 0.4) is 0 Å². The van der Waals surface area contributed by atoms with Crippen LogP contribution in [0.15, 0.2) is 54.9 Å². The summed E-state index contributed by atoms with van der Waals surface area (Å²) in [5.74, 6) is -0.295. The van der Waals surface area contributed by atoms with E-state index >= 15 is 0 Å². The van der Waals surface area contributed by atoms with E-state index in [0.717, 1.165) is 29.7 Å². The monoisotopic (exact) mass is 267 g/mol. The summed E-state index contributed by atoms with van der Waals surface area (Å²) in [5.41, 5.74) is 2.32. The van der Waals surface area contributed by atoms with Crippen molar-refractivity contribution in [3.05, 3.63) is 66.4 Å². The number of benzene rings is 1. The SMILES string of the molecule is Fc1cccc2c(NCCc3ccccn3)ccnc12. The van der Waals surface area contributed by atoms with Crippen molar-refractivity contribution in [2.45, 2.75) is 6.42 Å². The first kappa shape index (κ1) is 12.5. The van der Waals surface area contributed by atoms with E-state index in [1.807, 2.05) is 30.3 Å². The Kier molecular flexibility index (Phi) is 3.54. The van der Waals surface area contributed by atoms with Crippen molar-refractivity contribution in [2.75, 3.05) is 11.9 Å². The van der Waals surface area contributed by atoms with Crippen LogP contribution >= 0.6 is 0 Å². The van der Waals surface area contributed by atoms with Gasteiger partial charge in [0.1, 0.15) is 11.3 Å². The first-order chi connectivity index (χ1) is 9.84. The summed E-state index contributed by atoms with van der Waals surface area (Å²) in [5, 5.41) is 4.12. The molecule has 100 valence electrons. The molecule has 0 radical (unpaired) electrons. The Morgan fingerprint density at radius 3 is 2.75 bits per heavy atom. The Balaban J connectivity index is 1.76. The van der Waals surface area contributed by atoms with Crippen LogP contribution in [0.2, 0.25) is 0 Å². The number of anilines is 1. The lowest BCUT2D eigenvalue weighted by molar-refractivity contribution is 0.637.